The normalized spacial score (nSPS) is 10.7. The Balaban J connectivity index is 1.62. The number of fused-ring (bicyclic) bond motifs is 1. The third kappa shape index (κ3) is 3.87. The van der Waals surface area contributed by atoms with Crippen LogP contribution in [0.4, 0.5) is 0 Å². The van der Waals surface area contributed by atoms with Crippen molar-refractivity contribution in [3.63, 3.8) is 0 Å². The second-order valence-electron chi connectivity index (χ2n) is 5.47. The molecule has 0 N–H and O–H groups in total. The number of nitrogens with zero attached hydrogens (tertiary/aromatic N) is 2. The maximum Gasteiger partial charge on any atom is 0.220 e. The van der Waals surface area contributed by atoms with E-state index in [0.717, 1.165) is 10.8 Å². The van der Waals surface area contributed by atoms with Crippen LogP contribution < -0.4 is 9.47 Å². The number of rotatable bonds is 4. The summed E-state index contributed by atoms with van der Waals surface area (Å²) in [6.07, 6.45) is 0. The van der Waals surface area contributed by atoms with Gasteiger partial charge in [0.1, 0.15) is 21.8 Å². The Labute approximate surface area is 160 Å². The van der Waals surface area contributed by atoms with E-state index in [1.165, 1.54) is 0 Å². The van der Waals surface area contributed by atoms with Crippen LogP contribution in [0.5, 0.6) is 23.3 Å². The Hall–Kier alpha value is -2.82. The van der Waals surface area contributed by atoms with Crippen molar-refractivity contribution in [3.8, 4) is 23.3 Å². The van der Waals surface area contributed by atoms with Crippen molar-refractivity contribution in [3.05, 3.63) is 83.1 Å². The van der Waals surface area contributed by atoms with Crippen LogP contribution in [0.25, 0.3) is 10.8 Å². The molecular formula is C20H12Cl2N2O2. The van der Waals surface area contributed by atoms with Crippen LogP contribution in [0, 0.1) is 0 Å². The molecule has 0 aliphatic heterocycles. The van der Waals surface area contributed by atoms with E-state index in [1.807, 2.05) is 36.4 Å². The maximum absolute atomic E-state index is 5.89. The Bertz CT molecular complexity index is 1000. The predicted molar refractivity (Wildman–Crippen MR) is 103 cm³/mol. The smallest absolute Gasteiger partial charge is 0.220 e. The molecule has 4 rings (SSSR count). The van der Waals surface area contributed by atoms with Gasteiger partial charge in [0.05, 0.1) is 0 Å². The van der Waals surface area contributed by atoms with Crippen molar-refractivity contribution in [2.45, 2.75) is 0 Å². The Morgan fingerprint density at radius 1 is 0.577 bits per heavy atom. The van der Waals surface area contributed by atoms with Crippen molar-refractivity contribution in [1.82, 2.24) is 9.97 Å². The van der Waals surface area contributed by atoms with E-state index in [0.29, 0.717) is 33.6 Å². The summed E-state index contributed by atoms with van der Waals surface area (Å²) in [5, 5.41) is 2.79. The summed E-state index contributed by atoms with van der Waals surface area (Å²) in [7, 11) is 0. The zero-order valence-electron chi connectivity index (χ0n) is 13.4. The molecule has 0 atom stereocenters. The molecule has 2 aromatic heterocycles. The van der Waals surface area contributed by atoms with Crippen LogP contribution in [0.3, 0.4) is 0 Å². The first kappa shape index (κ1) is 16.6. The first-order chi connectivity index (χ1) is 12.7. The highest BCUT2D eigenvalue weighted by Gasteiger charge is 2.05. The average molecular weight is 383 g/mol. The molecule has 0 amide bonds. The molecular weight excluding hydrogens is 371 g/mol. The van der Waals surface area contributed by atoms with Gasteiger partial charge in [-0.2, -0.15) is 0 Å². The van der Waals surface area contributed by atoms with Gasteiger partial charge in [0.2, 0.25) is 11.8 Å². The summed E-state index contributed by atoms with van der Waals surface area (Å²) in [6, 6.07) is 22.0. The highest BCUT2D eigenvalue weighted by atomic mass is 35.5. The molecule has 0 aliphatic carbocycles. The molecule has 2 aromatic carbocycles. The maximum atomic E-state index is 5.89. The van der Waals surface area contributed by atoms with Crippen molar-refractivity contribution in [2.75, 3.05) is 0 Å². The fourth-order valence-electron chi connectivity index (χ4n) is 2.46. The summed E-state index contributed by atoms with van der Waals surface area (Å²) in [5.41, 5.74) is 0. The molecule has 0 radical (unpaired) electrons. The van der Waals surface area contributed by atoms with E-state index in [1.54, 1.807) is 36.4 Å². The fourth-order valence-corrected chi connectivity index (χ4v) is 2.78. The van der Waals surface area contributed by atoms with Gasteiger partial charge in [-0.25, -0.2) is 9.97 Å². The molecule has 2 heterocycles. The van der Waals surface area contributed by atoms with E-state index in [4.69, 9.17) is 32.7 Å². The lowest BCUT2D eigenvalue weighted by atomic mass is 10.1. The Morgan fingerprint density at radius 2 is 1.08 bits per heavy atom. The minimum absolute atomic E-state index is 0.382. The SMILES string of the molecule is Clc1cccc(Oc2ccc3ccc(Oc4cccc(Cl)n4)cc3c2)n1. The minimum Gasteiger partial charge on any atom is -0.439 e. The van der Waals surface area contributed by atoms with E-state index < -0.39 is 0 Å². The van der Waals surface area contributed by atoms with Gasteiger partial charge in [-0.15, -0.1) is 0 Å². The fraction of sp³-hybridized carbons (Fsp3) is 0. The van der Waals surface area contributed by atoms with Gasteiger partial charge in [-0.1, -0.05) is 47.5 Å². The van der Waals surface area contributed by atoms with E-state index in [9.17, 15) is 0 Å². The number of benzene rings is 2. The minimum atomic E-state index is 0.382. The van der Waals surface area contributed by atoms with Crippen LogP contribution in [-0.4, -0.2) is 9.97 Å². The molecule has 0 unspecified atom stereocenters. The lowest BCUT2D eigenvalue weighted by Gasteiger charge is -2.08. The molecule has 0 saturated carbocycles. The van der Waals surface area contributed by atoms with E-state index >= 15 is 0 Å². The largest absolute Gasteiger partial charge is 0.439 e. The third-order valence-corrected chi connectivity index (χ3v) is 4.03. The zero-order valence-corrected chi connectivity index (χ0v) is 14.9. The van der Waals surface area contributed by atoms with Crippen LogP contribution in [0.1, 0.15) is 0 Å². The van der Waals surface area contributed by atoms with Gasteiger partial charge in [0.15, 0.2) is 0 Å². The molecule has 0 saturated heterocycles. The van der Waals surface area contributed by atoms with Gasteiger partial charge in [0, 0.05) is 12.1 Å². The molecule has 0 bridgehead atoms. The average Bonchev–Trinajstić information content (AvgIpc) is 2.61. The molecule has 26 heavy (non-hydrogen) atoms. The van der Waals surface area contributed by atoms with Gasteiger partial charge in [0.25, 0.3) is 0 Å². The summed E-state index contributed by atoms with van der Waals surface area (Å²) < 4.78 is 11.5. The first-order valence-electron chi connectivity index (χ1n) is 7.80. The van der Waals surface area contributed by atoms with Gasteiger partial charge < -0.3 is 9.47 Å². The number of pyridine rings is 2. The van der Waals surface area contributed by atoms with Gasteiger partial charge in [-0.3, -0.25) is 0 Å². The molecule has 0 aliphatic rings. The van der Waals surface area contributed by atoms with Crippen molar-refractivity contribution < 1.29 is 9.47 Å². The highest BCUT2D eigenvalue weighted by molar-refractivity contribution is 6.29. The topological polar surface area (TPSA) is 44.2 Å². The summed E-state index contributed by atoms with van der Waals surface area (Å²) in [6.45, 7) is 0. The summed E-state index contributed by atoms with van der Waals surface area (Å²) in [4.78, 5) is 8.26. The van der Waals surface area contributed by atoms with Gasteiger partial charge >= 0.3 is 0 Å². The molecule has 0 fully saturated rings. The molecule has 4 aromatic rings. The monoisotopic (exact) mass is 382 g/mol. The van der Waals surface area contributed by atoms with E-state index in [2.05, 4.69) is 9.97 Å². The molecule has 6 heteroatoms. The lowest BCUT2D eigenvalue weighted by molar-refractivity contribution is 0.462. The summed E-state index contributed by atoms with van der Waals surface area (Å²) in [5.74, 6) is 2.19. The predicted octanol–water partition coefficient (Wildman–Crippen LogP) is 6.52. The number of hydrogen-bond donors (Lipinski definition) is 0. The Morgan fingerprint density at radius 3 is 1.54 bits per heavy atom. The van der Waals surface area contributed by atoms with Crippen LogP contribution in [-0.2, 0) is 0 Å². The Kier molecular flexibility index (Phi) is 4.61. The number of aromatic nitrogens is 2. The van der Waals surface area contributed by atoms with Crippen LogP contribution in [0.15, 0.2) is 72.8 Å². The lowest BCUT2D eigenvalue weighted by Crippen LogP contribution is -1.89. The summed E-state index contributed by atoms with van der Waals surface area (Å²) >= 11 is 11.8. The van der Waals surface area contributed by atoms with Gasteiger partial charge in [-0.05, 0) is 47.2 Å². The number of halogens is 2. The van der Waals surface area contributed by atoms with Crippen molar-refractivity contribution >= 4 is 34.0 Å². The molecule has 128 valence electrons. The zero-order chi connectivity index (χ0) is 17.9. The third-order valence-electron chi connectivity index (χ3n) is 3.61. The van der Waals surface area contributed by atoms with Crippen molar-refractivity contribution in [1.29, 1.82) is 0 Å². The van der Waals surface area contributed by atoms with Crippen LogP contribution in [0.2, 0.25) is 10.3 Å². The standard InChI is InChI=1S/C20H12Cl2N2O2/c21-17-3-1-5-19(23-17)25-15-9-7-13-8-10-16(12-14(13)11-15)26-20-6-2-4-18(22)24-20/h1-12H. The van der Waals surface area contributed by atoms with Crippen LogP contribution >= 0.6 is 23.2 Å². The molecule has 4 nitrogen and oxygen atoms in total. The quantitative estimate of drug-likeness (QED) is 0.376. The second-order valence-corrected chi connectivity index (χ2v) is 6.25. The van der Waals surface area contributed by atoms with Crippen molar-refractivity contribution in [2.24, 2.45) is 0 Å². The number of ether oxygens (including phenoxy) is 2. The first-order valence-corrected chi connectivity index (χ1v) is 8.56. The highest BCUT2D eigenvalue weighted by Crippen LogP contribution is 2.29. The number of hydrogen-bond acceptors (Lipinski definition) is 4. The van der Waals surface area contributed by atoms with E-state index in [-0.39, 0.29) is 0 Å². The molecule has 0 spiro atoms. The second kappa shape index (κ2) is 7.20.